The molecule has 0 saturated carbocycles. The highest BCUT2D eigenvalue weighted by Crippen LogP contribution is 2.03. The topological polar surface area (TPSA) is 78.0 Å². The van der Waals surface area contributed by atoms with Gasteiger partial charge in [-0.25, -0.2) is 0 Å². The Hall–Kier alpha value is -1.65. The molecule has 1 aromatic heterocycles. The Morgan fingerprint density at radius 1 is 1.54 bits per heavy atom. The maximum absolute atomic E-state index is 11.4. The van der Waals surface area contributed by atoms with Gasteiger partial charge in [-0.05, 0) is 6.07 Å². The molecular weight excluding hydrogens is 170 g/mol. The Morgan fingerprint density at radius 2 is 2.15 bits per heavy atom. The van der Waals surface area contributed by atoms with Crippen molar-refractivity contribution in [1.82, 2.24) is 9.78 Å². The Kier molecular flexibility index (Phi) is 2.46. The SMILES string of the molecule is CC(C)C(=O)n1nccc1C(N)=O. The van der Waals surface area contributed by atoms with Crippen LogP contribution in [0.3, 0.4) is 0 Å². The largest absolute Gasteiger partial charge is 0.364 e. The molecule has 2 N–H and O–H groups in total. The zero-order valence-electron chi connectivity index (χ0n) is 7.52. The lowest BCUT2D eigenvalue weighted by atomic mass is 10.2. The van der Waals surface area contributed by atoms with Gasteiger partial charge in [0.2, 0.25) is 5.91 Å². The first kappa shape index (κ1) is 9.44. The van der Waals surface area contributed by atoms with Crippen LogP contribution < -0.4 is 5.73 Å². The van der Waals surface area contributed by atoms with E-state index in [1.54, 1.807) is 13.8 Å². The standard InChI is InChI=1S/C8H11N3O2/c1-5(2)8(13)11-6(7(9)12)3-4-10-11/h3-5H,1-2H3,(H2,9,12). The zero-order valence-corrected chi connectivity index (χ0v) is 7.52. The highest BCUT2D eigenvalue weighted by Gasteiger charge is 2.16. The van der Waals surface area contributed by atoms with Crippen molar-refractivity contribution in [2.75, 3.05) is 0 Å². The average Bonchev–Trinajstić information content (AvgIpc) is 2.50. The maximum Gasteiger partial charge on any atom is 0.267 e. The third kappa shape index (κ3) is 1.74. The Bertz CT molecular complexity index is 341. The second-order valence-electron chi connectivity index (χ2n) is 2.99. The Balaban J connectivity index is 3.08. The predicted octanol–water partition coefficient (Wildman–Crippen LogP) is 0.278. The monoisotopic (exact) mass is 181 g/mol. The van der Waals surface area contributed by atoms with Crippen molar-refractivity contribution in [1.29, 1.82) is 0 Å². The number of carbonyl (C=O) groups is 2. The molecule has 1 aromatic rings. The minimum atomic E-state index is -0.647. The molecule has 0 aliphatic rings. The Morgan fingerprint density at radius 3 is 2.62 bits per heavy atom. The number of nitrogens with zero attached hydrogens (tertiary/aromatic N) is 2. The van der Waals surface area contributed by atoms with Gasteiger partial charge in [-0.15, -0.1) is 0 Å². The van der Waals surface area contributed by atoms with Crippen molar-refractivity contribution >= 4 is 11.8 Å². The number of amides is 1. The third-order valence-corrected chi connectivity index (χ3v) is 1.60. The number of hydrogen-bond donors (Lipinski definition) is 1. The van der Waals surface area contributed by atoms with E-state index >= 15 is 0 Å². The summed E-state index contributed by atoms with van der Waals surface area (Å²) in [5.41, 5.74) is 5.17. The van der Waals surface area contributed by atoms with Crippen LogP contribution in [0, 0.1) is 5.92 Å². The van der Waals surface area contributed by atoms with Crippen molar-refractivity contribution in [2.45, 2.75) is 13.8 Å². The van der Waals surface area contributed by atoms with Gasteiger partial charge >= 0.3 is 0 Å². The van der Waals surface area contributed by atoms with Crippen LogP contribution in [0.2, 0.25) is 0 Å². The van der Waals surface area contributed by atoms with Crippen molar-refractivity contribution in [3.05, 3.63) is 18.0 Å². The van der Waals surface area contributed by atoms with Gasteiger partial charge in [0.15, 0.2) is 0 Å². The van der Waals surface area contributed by atoms with E-state index in [1.165, 1.54) is 12.3 Å². The van der Waals surface area contributed by atoms with E-state index < -0.39 is 5.91 Å². The maximum atomic E-state index is 11.4. The molecule has 0 aliphatic heterocycles. The van der Waals surface area contributed by atoms with Gasteiger partial charge in [-0.1, -0.05) is 13.8 Å². The lowest BCUT2D eigenvalue weighted by Gasteiger charge is -2.05. The van der Waals surface area contributed by atoms with E-state index in [9.17, 15) is 9.59 Å². The fourth-order valence-corrected chi connectivity index (χ4v) is 0.910. The molecule has 0 radical (unpaired) electrons. The predicted molar refractivity (Wildman–Crippen MR) is 46.2 cm³/mol. The smallest absolute Gasteiger partial charge is 0.267 e. The van der Waals surface area contributed by atoms with Crippen LogP contribution in [0.25, 0.3) is 0 Å². The van der Waals surface area contributed by atoms with Crippen LogP contribution in [-0.4, -0.2) is 21.6 Å². The molecule has 70 valence electrons. The van der Waals surface area contributed by atoms with Crippen LogP contribution in [0.4, 0.5) is 0 Å². The van der Waals surface area contributed by atoms with E-state index in [0.717, 1.165) is 4.68 Å². The molecule has 1 heterocycles. The van der Waals surface area contributed by atoms with E-state index in [-0.39, 0.29) is 17.5 Å². The number of nitrogens with two attached hydrogens (primary N) is 1. The number of hydrogen-bond acceptors (Lipinski definition) is 3. The molecule has 5 nitrogen and oxygen atoms in total. The quantitative estimate of drug-likeness (QED) is 0.711. The minimum absolute atomic E-state index is 0.124. The second-order valence-corrected chi connectivity index (χ2v) is 2.99. The summed E-state index contributed by atoms with van der Waals surface area (Å²) < 4.78 is 1.03. The van der Waals surface area contributed by atoms with Crippen molar-refractivity contribution in [2.24, 2.45) is 11.7 Å². The second kappa shape index (κ2) is 3.38. The normalized spacial score (nSPS) is 10.4. The molecule has 1 rings (SSSR count). The van der Waals surface area contributed by atoms with E-state index in [0.29, 0.717) is 0 Å². The summed E-state index contributed by atoms with van der Waals surface area (Å²) in [5.74, 6) is -1.09. The van der Waals surface area contributed by atoms with Crippen LogP contribution in [-0.2, 0) is 0 Å². The first-order valence-electron chi connectivity index (χ1n) is 3.92. The zero-order chi connectivity index (χ0) is 10.0. The number of aromatic nitrogens is 2. The van der Waals surface area contributed by atoms with Crippen molar-refractivity contribution < 1.29 is 9.59 Å². The highest BCUT2D eigenvalue weighted by molar-refractivity contribution is 5.95. The first-order chi connectivity index (χ1) is 6.04. The molecule has 0 aliphatic carbocycles. The molecule has 0 spiro atoms. The summed E-state index contributed by atoms with van der Waals surface area (Å²) in [5, 5.41) is 3.72. The molecule has 5 heteroatoms. The van der Waals surface area contributed by atoms with Crippen molar-refractivity contribution in [3.8, 4) is 0 Å². The molecule has 0 fully saturated rings. The lowest BCUT2D eigenvalue weighted by molar-refractivity contribution is 0.0819. The van der Waals surface area contributed by atoms with Crippen LogP contribution >= 0.6 is 0 Å². The summed E-state index contributed by atoms with van der Waals surface area (Å²) in [6.45, 7) is 3.46. The summed E-state index contributed by atoms with van der Waals surface area (Å²) in [6, 6.07) is 1.42. The number of primary amides is 1. The van der Waals surface area contributed by atoms with Crippen LogP contribution in [0.5, 0.6) is 0 Å². The molecular formula is C8H11N3O2. The van der Waals surface area contributed by atoms with E-state index in [2.05, 4.69) is 5.10 Å². The number of carbonyl (C=O) groups excluding carboxylic acids is 2. The van der Waals surface area contributed by atoms with Gasteiger partial charge in [0.1, 0.15) is 5.69 Å². The molecule has 1 amide bonds. The molecule has 13 heavy (non-hydrogen) atoms. The van der Waals surface area contributed by atoms with Crippen LogP contribution in [0.1, 0.15) is 29.1 Å². The molecule has 0 saturated heterocycles. The fraction of sp³-hybridized carbons (Fsp3) is 0.375. The summed E-state index contributed by atoms with van der Waals surface area (Å²) in [6.07, 6.45) is 1.38. The van der Waals surface area contributed by atoms with Gasteiger partial charge in [-0.3, -0.25) is 9.59 Å². The van der Waals surface area contributed by atoms with Gasteiger partial charge in [0, 0.05) is 5.92 Å². The molecule has 0 bridgehead atoms. The average molecular weight is 181 g/mol. The molecule has 0 atom stereocenters. The van der Waals surface area contributed by atoms with E-state index in [1.807, 2.05) is 0 Å². The molecule has 0 aromatic carbocycles. The van der Waals surface area contributed by atoms with E-state index in [4.69, 9.17) is 5.73 Å². The highest BCUT2D eigenvalue weighted by atomic mass is 16.2. The van der Waals surface area contributed by atoms with Crippen LogP contribution in [0.15, 0.2) is 12.3 Å². The Labute approximate surface area is 75.5 Å². The van der Waals surface area contributed by atoms with Gasteiger partial charge in [0.25, 0.3) is 5.91 Å². The number of rotatable bonds is 2. The summed E-state index contributed by atoms with van der Waals surface area (Å²) in [4.78, 5) is 22.2. The van der Waals surface area contributed by atoms with Gasteiger partial charge in [-0.2, -0.15) is 9.78 Å². The van der Waals surface area contributed by atoms with Crippen molar-refractivity contribution in [3.63, 3.8) is 0 Å². The fourth-order valence-electron chi connectivity index (χ4n) is 0.910. The summed E-state index contributed by atoms with van der Waals surface area (Å²) in [7, 11) is 0. The third-order valence-electron chi connectivity index (χ3n) is 1.60. The summed E-state index contributed by atoms with van der Waals surface area (Å²) >= 11 is 0. The van der Waals surface area contributed by atoms with Gasteiger partial charge < -0.3 is 5.73 Å². The lowest BCUT2D eigenvalue weighted by Crippen LogP contribution is -2.25. The molecule has 0 unspecified atom stereocenters. The van der Waals surface area contributed by atoms with Gasteiger partial charge in [0.05, 0.1) is 6.20 Å². The minimum Gasteiger partial charge on any atom is -0.364 e. The first-order valence-corrected chi connectivity index (χ1v) is 3.92.